The van der Waals surface area contributed by atoms with Crippen LogP contribution >= 0.6 is 24.0 Å². The van der Waals surface area contributed by atoms with Gasteiger partial charge in [-0.2, -0.15) is 0 Å². The highest BCUT2D eigenvalue weighted by atomic mass is 127. The SMILES string of the molecule is CS(=O)(=O)c1ccc(CCN=C(Nc2ccccc2)N2CCCCC2)cc1.I. The molecule has 0 spiro atoms. The fraction of sp³-hybridized carbons (Fsp3) is 0.381. The van der Waals surface area contributed by atoms with Gasteiger partial charge in [-0.1, -0.05) is 30.3 Å². The lowest BCUT2D eigenvalue weighted by molar-refractivity contribution is 0.340. The van der Waals surface area contributed by atoms with E-state index in [-0.39, 0.29) is 24.0 Å². The van der Waals surface area contributed by atoms with Gasteiger partial charge < -0.3 is 10.2 Å². The van der Waals surface area contributed by atoms with Crippen molar-refractivity contribution >= 4 is 45.5 Å². The molecule has 0 aliphatic carbocycles. The van der Waals surface area contributed by atoms with Gasteiger partial charge >= 0.3 is 0 Å². The van der Waals surface area contributed by atoms with E-state index in [1.807, 2.05) is 42.5 Å². The molecule has 7 heteroatoms. The number of sulfone groups is 1. The summed E-state index contributed by atoms with van der Waals surface area (Å²) in [5.41, 5.74) is 2.13. The summed E-state index contributed by atoms with van der Waals surface area (Å²) in [7, 11) is -3.15. The zero-order valence-electron chi connectivity index (χ0n) is 16.2. The molecule has 1 fully saturated rings. The first-order valence-electron chi connectivity index (χ1n) is 9.43. The molecule has 1 aliphatic rings. The number of nitrogens with one attached hydrogen (secondary N) is 1. The first kappa shape index (κ1) is 22.7. The van der Waals surface area contributed by atoms with Crippen molar-refractivity contribution in [1.82, 2.24) is 4.90 Å². The molecular weight excluding hydrogens is 485 g/mol. The van der Waals surface area contributed by atoms with Crippen LogP contribution in [0.5, 0.6) is 0 Å². The van der Waals surface area contributed by atoms with Crippen LogP contribution < -0.4 is 5.32 Å². The fourth-order valence-corrected chi connectivity index (χ4v) is 3.80. The summed E-state index contributed by atoms with van der Waals surface area (Å²) in [6.45, 7) is 2.72. The number of rotatable bonds is 5. The minimum Gasteiger partial charge on any atom is -0.343 e. The highest BCUT2D eigenvalue weighted by molar-refractivity contribution is 14.0. The Hall–Kier alpha value is -1.61. The van der Waals surface area contributed by atoms with Gasteiger partial charge in [-0.25, -0.2) is 8.42 Å². The number of nitrogens with zero attached hydrogens (tertiary/aromatic N) is 2. The van der Waals surface area contributed by atoms with Gasteiger partial charge in [-0.15, -0.1) is 24.0 Å². The van der Waals surface area contributed by atoms with Gasteiger partial charge in [0.2, 0.25) is 0 Å². The van der Waals surface area contributed by atoms with Crippen molar-refractivity contribution in [3.8, 4) is 0 Å². The average Bonchev–Trinajstić information content (AvgIpc) is 2.68. The summed E-state index contributed by atoms with van der Waals surface area (Å²) >= 11 is 0. The number of anilines is 1. The lowest BCUT2D eigenvalue weighted by atomic mass is 10.1. The number of benzene rings is 2. The molecule has 2 aromatic rings. The molecule has 0 bridgehead atoms. The molecule has 0 saturated carbocycles. The van der Waals surface area contributed by atoms with Gasteiger partial charge in [0.15, 0.2) is 15.8 Å². The van der Waals surface area contributed by atoms with Crippen LogP contribution in [0, 0.1) is 0 Å². The number of likely N-dealkylation sites (tertiary alicyclic amines) is 1. The maximum absolute atomic E-state index is 11.6. The predicted octanol–water partition coefficient (Wildman–Crippen LogP) is 4.20. The van der Waals surface area contributed by atoms with E-state index in [0.29, 0.717) is 11.4 Å². The Kier molecular flexibility index (Phi) is 8.75. The first-order valence-corrected chi connectivity index (χ1v) is 11.3. The Bertz CT molecular complexity index is 862. The number of halogens is 1. The maximum Gasteiger partial charge on any atom is 0.198 e. The molecular formula is C21H28IN3O2S. The lowest BCUT2D eigenvalue weighted by Gasteiger charge is -2.30. The van der Waals surface area contributed by atoms with Gasteiger partial charge in [-0.3, -0.25) is 4.99 Å². The molecule has 152 valence electrons. The van der Waals surface area contributed by atoms with Crippen LogP contribution in [-0.2, 0) is 16.3 Å². The van der Waals surface area contributed by atoms with E-state index < -0.39 is 9.84 Å². The van der Waals surface area contributed by atoms with E-state index in [9.17, 15) is 8.42 Å². The van der Waals surface area contributed by atoms with E-state index in [0.717, 1.165) is 36.7 Å². The molecule has 5 nitrogen and oxygen atoms in total. The minimum absolute atomic E-state index is 0. The molecule has 0 radical (unpaired) electrons. The zero-order chi connectivity index (χ0) is 19.1. The summed E-state index contributed by atoms with van der Waals surface area (Å²) in [5.74, 6) is 0.925. The molecule has 0 aromatic heterocycles. The van der Waals surface area contributed by atoms with E-state index in [4.69, 9.17) is 4.99 Å². The summed E-state index contributed by atoms with van der Waals surface area (Å²) in [4.78, 5) is 7.50. The van der Waals surface area contributed by atoms with Crippen molar-refractivity contribution < 1.29 is 8.42 Å². The van der Waals surface area contributed by atoms with Crippen molar-refractivity contribution in [1.29, 1.82) is 0 Å². The van der Waals surface area contributed by atoms with E-state index >= 15 is 0 Å². The maximum atomic E-state index is 11.6. The van der Waals surface area contributed by atoms with Crippen molar-refractivity contribution in [3.63, 3.8) is 0 Å². The van der Waals surface area contributed by atoms with E-state index in [1.165, 1.54) is 25.5 Å². The summed E-state index contributed by atoms with van der Waals surface area (Å²) in [6.07, 6.45) is 5.68. The Labute approximate surface area is 185 Å². The van der Waals surface area contributed by atoms with Crippen LogP contribution in [0.3, 0.4) is 0 Å². The number of para-hydroxylation sites is 1. The second-order valence-electron chi connectivity index (χ2n) is 6.91. The second-order valence-corrected chi connectivity index (χ2v) is 8.93. The molecule has 1 heterocycles. The van der Waals surface area contributed by atoms with Gasteiger partial charge in [0.05, 0.1) is 4.90 Å². The third kappa shape index (κ3) is 6.77. The molecule has 0 atom stereocenters. The van der Waals surface area contributed by atoms with Crippen LogP contribution in [0.4, 0.5) is 5.69 Å². The summed E-state index contributed by atoms with van der Waals surface area (Å²) in [5, 5.41) is 3.46. The Morgan fingerprint density at radius 1 is 1.00 bits per heavy atom. The van der Waals surface area contributed by atoms with Gasteiger partial charge in [-0.05, 0) is 55.5 Å². The molecule has 0 unspecified atom stereocenters. The van der Waals surface area contributed by atoms with Crippen molar-refractivity contribution in [2.24, 2.45) is 4.99 Å². The number of hydrogen-bond acceptors (Lipinski definition) is 3. The molecule has 1 N–H and O–H groups in total. The third-order valence-electron chi connectivity index (χ3n) is 4.70. The van der Waals surface area contributed by atoms with E-state index in [2.05, 4.69) is 10.2 Å². The second kappa shape index (κ2) is 10.8. The van der Waals surface area contributed by atoms with Crippen molar-refractivity contribution in [3.05, 3.63) is 60.2 Å². The zero-order valence-corrected chi connectivity index (χ0v) is 19.3. The Morgan fingerprint density at radius 2 is 1.64 bits per heavy atom. The van der Waals surface area contributed by atoms with Gasteiger partial charge in [0, 0.05) is 31.6 Å². The highest BCUT2D eigenvalue weighted by Gasteiger charge is 2.15. The first-order chi connectivity index (χ1) is 13.0. The number of guanidine groups is 1. The van der Waals surface area contributed by atoms with Gasteiger partial charge in [0.1, 0.15) is 0 Å². The molecule has 1 saturated heterocycles. The van der Waals surface area contributed by atoms with Crippen LogP contribution in [-0.4, -0.2) is 45.2 Å². The van der Waals surface area contributed by atoms with Crippen LogP contribution in [0.15, 0.2) is 64.5 Å². The Morgan fingerprint density at radius 3 is 2.25 bits per heavy atom. The number of piperidine rings is 1. The standard InChI is InChI=1S/C21H27N3O2S.HI/c1-27(25,26)20-12-10-18(11-13-20)14-15-22-21(24-16-6-3-7-17-24)23-19-8-4-2-5-9-19;/h2,4-5,8-13H,3,6-7,14-17H2,1H3,(H,22,23);1H. The topological polar surface area (TPSA) is 61.8 Å². The van der Waals surface area contributed by atoms with Crippen molar-refractivity contribution in [2.45, 2.75) is 30.6 Å². The molecule has 28 heavy (non-hydrogen) atoms. The molecule has 3 rings (SSSR count). The average molecular weight is 513 g/mol. The molecule has 0 amide bonds. The number of hydrogen-bond donors (Lipinski definition) is 1. The molecule has 2 aromatic carbocycles. The van der Waals surface area contributed by atoms with E-state index in [1.54, 1.807) is 12.1 Å². The van der Waals surface area contributed by atoms with Crippen LogP contribution in [0.25, 0.3) is 0 Å². The monoisotopic (exact) mass is 513 g/mol. The Balaban J connectivity index is 0.00000280. The predicted molar refractivity (Wildman–Crippen MR) is 126 cm³/mol. The minimum atomic E-state index is -3.15. The van der Waals surface area contributed by atoms with Crippen LogP contribution in [0.2, 0.25) is 0 Å². The van der Waals surface area contributed by atoms with Crippen molar-refractivity contribution in [2.75, 3.05) is 31.2 Å². The quantitative estimate of drug-likeness (QED) is 0.370. The third-order valence-corrected chi connectivity index (χ3v) is 5.83. The fourth-order valence-electron chi connectivity index (χ4n) is 3.17. The normalized spacial score (nSPS) is 15.0. The lowest BCUT2D eigenvalue weighted by Crippen LogP contribution is -2.40. The van der Waals surface area contributed by atoms with Crippen LogP contribution in [0.1, 0.15) is 24.8 Å². The summed E-state index contributed by atoms with van der Waals surface area (Å²) in [6, 6.07) is 17.2. The molecule has 1 aliphatic heterocycles. The smallest absolute Gasteiger partial charge is 0.198 e. The highest BCUT2D eigenvalue weighted by Crippen LogP contribution is 2.14. The number of aliphatic imine (C=N–C) groups is 1. The summed E-state index contributed by atoms with van der Waals surface area (Å²) < 4.78 is 23.1. The largest absolute Gasteiger partial charge is 0.343 e. The van der Waals surface area contributed by atoms with Gasteiger partial charge in [0.25, 0.3) is 0 Å².